The monoisotopic (exact) mass is 218 g/mol. The molecule has 2 rings (SSSR count). The number of carbonyl (C=O) groups is 1. The number of hydrogen-bond donors (Lipinski definition) is 0. The second-order valence-electron chi connectivity index (χ2n) is 3.89. The Kier molecular flexibility index (Phi) is 2.69. The summed E-state index contributed by atoms with van der Waals surface area (Å²) in [7, 11) is 1.62. The summed E-state index contributed by atoms with van der Waals surface area (Å²) in [6.45, 7) is 5.66. The average Bonchev–Trinajstić information content (AvgIpc) is 2.54. The first-order valence-corrected chi connectivity index (χ1v) is 5.17. The Balaban J connectivity index is 2.29. The molecule has 1 saturated heterocycles. The van der Waals surface area contributed by atoms with E-state index in [4.69, 9.17) is 9.47 Å². The van der Waals surface area contributed by atoms with Gasteiger partial charge in [0.05, 0.1) is 13.0 Å². The largest absolute Gasteiger partial charge is 0.497 e. The Hall–Kier alpha value is -1.77. The van der Waals surface area contributed by atoms with Gasteiger partial charge in [-0.05, 0) is 24.6 Å². The van der Waals surface area contributed by atoms with Crippen LogP contribution < -0.4 is 4.74 Å². The van der Waals surface area contributed by atoms with E-state index < -0.39 is 0 Å². The van der Waals surface area contributed by atoms with Crippen molar-refractivity contribution in [3.8, 4) is 5.75 Å². The molecule has 0 amide bonds. The zero-order chi connectivity index (χ0) is 11.7. The molecule has 2 atom stereocenters. The zero-order valence-corrected chi connectivity index (χ0v) is 9.40. The summed E-state index contributed by atoms with van der Waals surface area (Å²) in [4.78, 5) is 11.3. The summed E-state index contributed by atoms with van der Waals surface area (Å²) < 4.78 is 10.2. The first kappa shape index (κ1) is 10.7. The molecule has 84 valence electrons. The SMILES string of the molecule is C=C1C(=O)OC(C)C1c1ccc(OC)cc1. The molecule has 1 aromatic carbocycles. The highest BCUT2D eigenvalue weighted by Crippen LogP contribution is 2.35. The van der Waals surface area contributed by atoms with Crippen molar-refractivity contribution in [1.82, 2.24) is 0 Å². The Morgan fingerprint density at radius 3 is 2.38 bits per heavy atom. The van der Waals surface area contributed by atoms with Gasteiger partial charge in [0.25, 0.3) is 0 Å². The van der Waals surface area contributed by atoms with Crippen molar-refractivity contribution in [3.63, 3.8) is 0 Å². The van der Waals surface area contributed by atoms with E-state index in [0.717, 1.165) is 11.3 Å². The zero-order valence-electron chi connectivity index (χ0n) is 9.40. The van der Waals surface area contributed by atoms with E-state index >= 15 is 0 Å². The summed E-state index contributed by atoms with van der Waals surface area (Å²) in [5.74, 6) is 0.457. The van der Waals surface area contributed by atoms with E-state index in [-0.39, 0.29) is 18.0 Å². The van der Waals surface area contributed by atoms with Crippen molar-refractivity contribution < 1.29 is 14.3 Å². The van der Waals surface area contributed by atoms with Gasteiger partial charge >= 0.3 is 5.97 Å². The van der Waals surface area contributed by atoms with Gasteiger partial charge in [-0.15, -0.1) is 0 Å². The number of cyclic esters (lactones) is 1. The van der Waals surface area contributed by atoms with E-state index in [1.807, 2.05) is 31.2 Å². The molecule has 0 radical (unpaired) electrons. The van der Waals surface area contributed by atoms with Crippen LogP contribution in [0.3, 0.4) is 0 Å². The molecule has 0 aliphatic carbocycles. The number of benzene rings is 1. The number of carbonyl (C=O) groups excluding carboxylic acids is 1. The maximum atomic E-state index is 11.3. The van der Waals surface area contributed by atoms with E-state index in [9.17, 15) is 4.79 Å². The molecule has 3 nitrogen and oxygen atoms in total. The molecule has 1 aliphatic heterocycles. The number of esters is 1. The van der Waals surface area contributed by atoms with Gasteiger partial charge in [-0.2, -0.15) is 0 Å². The van der Waals surface area contributed by atoms with E-state index in [2.05, 4.69) is 6.58 Å². The number of methoxy groups -OCH3 is 1. The normalized spacial score (nSPS) is 24.4. The van der Waals surface area contributed by atoms with Crippen LogP contribution in [0.15, 0.2) is 36.4 Å². The fraction of sp³-hybridized carbons (Fsp3) is 0.308. The summed E-state index contributed by atoms with van der Waals surface area (Å²) in [6, 6.07) is 7.62. The third-order valence-electron chi connectivity index (χ3n) is 2.87. The lowest BCUT2D eigenvalue weighted by Gasteiger charge is -2.13. The molecular weight excluding hydrogens is 204 g/mol. The van der Waals surface area contributed by atoms with Crippen molar-refractivity contribution >= 4 is 5.97 Å². The number of hydrogen-bond acceptors (Lipinski definition) is 3. The minimum atomic E-state index is -0.298. The van der Waals surface area contributed by atoms with Crippen molar-refractivity contribution in [2.75, 3.05) is 7.11 Å². The fourth-order valence-electron chi connectivity index (χ4n) is 2.01. The van der Waals surface area contributed by atoms with Gasteiger partial charge in [0.2, 0.25) is 0 Å². The quantitative estimate of drug-likeness (QED) is 0.564. The summed E-state index contributed by atoms with van der Waals surface area (Å²) in [6.07, 6.45) is -0.145. The molecule has 0 N–H and O–H groups in total. The van der Waals surface area contributed by atoms with Crippen molar-refractivity contribution in [2.24, 2.45) is 0 Å². The molecule has 1 fully saturated rings. The second kappa shape index (κ2) is 4.00. The lowest BCUT2D eigenvalue weighted by Crippen LogP contribution is -2.09. The first-order valence-electron chi connectivity index (χ1n) is 5.17. The molecule has 16 heavy (non-hydrogen) atoms. The molecule has 1 heterocycles. The van der Waals surface area contributed by atoms with Crippen LogP contribution >= 0.6 is 0 Å². The third kappa shape index (κ3) is 1.69. The van der Waals surface area contributed by atoms with Crippen molar-refractivity contribution in [3.05, 3.63) is 42.0 Å². The number of rotatable bonds is 2. The minimum absolute atomic E-state index is 0.0431. The molecule has 0 saturated carbocycles. The predicted molar refractivity (Wildman–Crippen MR) is 60.4 cm³/mol. The molecule has 0 aromatic heterocycles. The number of ether oxygens (including phenoxy) is 2. The lowest BCUT2D eigenvalue weighted by atomic mass is 9.90. The van der Waals surface area contributed by atoms with Gasteiger partial charge in [0.1, 0.15) is 11.9 Å². The Morgan fingerprint density at radius 1 is 1.31 bits per heavy atom. The summed E-state index contributed by atoms with van der Waals surface area (Å²) >= 11 is 0. The van der Waals surface area contributed by atoms with Crippen LogP contribution in [-0.2, 0) is 9.53 Å². The minimum Gasteiger partial charge on any atom is -0.497 e. The van der Waals surface area contributed by atoms with Gasteiger partial charge < -0.3 is 9.47 Å². The van der Waals surface area contributed by atoms with Gasteiger partial charge in [0, 0.05) is 5.57 Å². The smallest absolute Gasteiger partial charge is 0.334 e. The molecule has 0 spiro atoms. The second-order valence-corrected chi connectivity index (χ2v) is 3.89. The molecule has 1 aliphatic rings. The Morgan fingerprint density at radius 2 is 1.94 bits per heavy atom. The highest BCUT2D eigenvalue weighted by atomic mass is 16.5. The Labute approximate surface area is 94.7 Å². The first-order chi connectivity index (χ1) is 7.63. The van der Waals surface area contributed by atoms with Crippen molar-refractivity contribution in [2.45, 2.75) is 18.9 Å². The van der Waals surface area contributed by atoms with Crippen LogP contribution in [0, 0.1) is 0 Å². The van der Waals surface area contributed by atoms with Crippen LogP contribution in [0.2, 0.25) is 0 Å². The predicted octanol–water partition coefficient (Wildman–Crippen LogP) is 2.28. The third-order valence-corrected chi connectivity index (χ3v) is 2.87. The van der Waals surface area contributed by atoms with Crippen LogP contribution in [0.1, 0.15) is 18.4 Å². The van der Waals surface area contributed by atoms with E-state index in [1.54, 1.807) is 7.11 Å². The van der Waals surface area contributed by atoms with Crippen LogP contribution in [0.25, 0.3) is 0 Å². The van der Waals surface area contributed by atoms with E-state index in [0.29, 0.717) is 5.57 Å². The molecule has 2 unspecified atom stereocenters. The van der Waals surface area contributed by atoms with Gasteiger partial charge in [-0.25, -0.2) is 4.79 Å². The van der Waals surface area contributed by atoms with Crippen LogP contribution in [-0.4, -0.2) is 19.2 Å². The highest BCUT2D eigenvalue weighted by molar-refractivity contribution is 5.92. The van der Waals surface area contributed by atoms with Crippen LogP contribution in [0.4, 0.5) is 0 Å². The van der Waals surface area contributed by atoms with E-state index in [1.165, 1.54) is 0 Å². The van der Waals surface area contributed by atoms with Gasteiger partial charge in [0.15, 0.2) is 0 Å². The average molecular weight is 218 g/mol. The summed E-state index contributed by atoms with van der Waals surface area (Å²) in [5.41, 5.74) is 1.56. The standard InChI is InChI=1S/C13H14O3/c1-8-12(9(2)16-13(8)14)10-4-6-11(15-3)7-5-10/h4-7,9,12H,1H2,2-3H3. The summed E-state index contributed by atoms with van der Waals surface area (Å²) in [5, 5.41) is 0. The molecular formula is C13H14O3. The maximum absolute atomic E-state index is 11.3. The topological polar surface area (TPSA) is 35.5 Å². The fourth-order valence-corrected chi connectivity index (χ4v) is 2.01. The Bertz CT molecular complexity index is 419. The molecule has 3 heteroatoms. The van der Waals surface area contributed by atoms with Crippen molar-refractivity contribution in [1.29, 1.82) is 0 Å². The van der Waals surface area contributed by atoms with Gasteiger partial charge in [-0.1, -0.05) is 18.7 Å². The highest BCUT2D eigenvalue weighted by Gasteiger charge is 2.36. The molecule has 1 aromatic rings. The molecule has 0 bridgehead atoms. The van der Waals surface area contributed by atoms with Crippen LogP contribution in [0.5, 0.6) is 5.75 Å². The lowest BCUT2D eigenvalue weighted by molar-refractivity contribution is -0.138. The maximum Gasteiger partial charge on any atom is 0.334 e. The van der Waals surface area contributed by atoms with Gasteiger partial charge in [-0.3, -0.25) is 0 Å².